The van der Waals surface area contributed by atoms with E-state index < -0.39 is 0 Å². The quantitative estimate of drug-likeness (QED) is 0.826. The molecule has 4 heteroatoms. The second-order valence-electron chi connectivity index (χ2n) is 6.27. The van der Waals surface area contributed by atoms with Crippen LogP contribution >= 0.6 is 0 Å². The lowest BCUT2D eigenvalue weighted by Gasteiger charge is -2.34. The van der Waals surface area contributed by atoms with Crippen LogP contribution in [0.3, 0.4) is 0 Å². The molecule has 1 aromatic heterocycles. The summed E-state index contributed by atoms with van der Waals surface area (Å²) >= 11 is 0. The van der Waals surface area contributed by atoms with Crippen LogP contribution in [-0.4, -0.2) is 14.7 Å². The molecule has 3 rings (SSSR count). The topological polar surface area (TPSA) is 64.1 Å². The highest BCUT2D eigenvalue weighted by Crippen LogP contribution is 2.39. The molecule has 1 heterocycles. The zero-order chi connectivity index (χ0) is 14.3. The van der Waals surface area contributed by atoms with Crippen molar-refractivity contribution in [2.24, 2.45) is 11.8 Å². The maximum atomic E-state index is 9.64. The highest BCUT2D eigenvalue weighted by atomic mass is 16.3. The molecule has 0 radical (unpaired) electrons. The molecular formula is C16H23N3O. The Labute approximate surface area is 119 Å². The number of hydrogen-bond donors (Lipinski definition) is 2. The van der Waals surface area contributed by atoms with Crippen molar-refractivity contribution in [3.8, 4) is 0 Å². The maximum absolute atomic E-state index is 9.64. The molecule has 3 unspecified atom stereocenters. The van der Waals surface area contributed by atoms with Crippen LogP contribution in [0.5, 0.6) is 0 Å². The van der Waals surface area contributed by atoms with Crippen molar-refractivity contribution in [3.63, 3.8) is 0 Å². The van der Waals surface area contributed by atoms with Crippen molar-refractivity contribution < 1.29 is 5.11 Å². The van der Waals surface area contributed by atoms with Gasteiger partial charge in [0.15, 0.2) is 0 Å². The van der Waals surface area contributed by atoms with Crippen LogP contribution in [0.25, 0.3) is 11.0 Å². The highest BCUT2D eigenvalue weighted by molar-refractivity contribution is 5.79. The van der Waals surface area contributed by atoms with Crippen molar-refractivity contribution in [2.75, 3.05) is 5.73 Å². The molecule has 3 atom stereocenters. The van der Waals surface area contributed by atoms with E-state index in [2.05, 4.69) is 23.4 Å². The number of anilines is 1. The van der Waals surface area contributed by atoms with Crippen molar-refractivity contribution >= 4 is 16.7 Å². The minimum absolute atomic E-state index is 0.0205. The summed E-state index contributed by atoms with van der Waals surface area (Å²) in [6.07, 6.45) is 3.64. The number of nitrogens with zero attached hydrogens (tertiary/aromatic N) is 2. The number of nitrogen functional groups attached to an aromatic ring is 1. The normalized spacial score (nSPS) is 27.1. The summed E-state index contributed by atoms with van der Waals surface area (Å²) in [6, 6.07) is 6.27. The molecule has 0 saturated heterocycles. The lowest BCUT2D eigenvalue weighted by atomic mass is 9.79. The predicted molar refractivity (Wildman–Crippen MR) is 81.3 cm³/mol. The zero-order valence-electron chi connectivity index (χ0n) is 12.2. The molecule has 0 bridgehead atoms. The van der Waals surface area contributed by atoms with Crippen LogP contribution in [0, 0.1) is 11.8 Å². The van der Waals surface area contributed by atoms with Crippen LogP contribution in [0.4, 0.5) is 5.69 Å². The highest BCUT2D eigenvalue weighted by Gasteiger charge is 2.29. The number of hydrogen-bond acceptors (Lipinski definition) is 3. The third-order valence-corrected chi connectivity index (χ3v) is 4.65. The summed E-state index contributed by atoms with van der Waals surface area (Å²) in [7, 11) is 0. The van der Waals surface area contributed by atoms with E-state index in [1.54, 1.807) is 0 Å². The summed E-state index contributed by atoms with van der Waals surface area (Å²) in [5.41, 5.74) is 8.54. The lowest BCUT2D eigenvalue weighted by Crippen LogP contribution is -2.26. The molecule has 1 fully saturated rings. The van der Waals surface area contributed by atoms with Gasteiger partial charge in [0.2, 0.25) is 0 Å². The fraction of sp³-hybridized carbons (Fsp3) is 0.562. The first-order chi connectivity index (χ1) is 9.60. The summed E-state index contributed by atoms with van der Waals surface area (Å²) in [6.45, 7) is 4.62. The molecule has 0 amide bonds. The van der Waals surface area contributed by atoms with Crippen molar-refractivity contribution in [1.29, 1.82) is 0 Å². The average Bonchev–Trinajstić information content (AvgIpc) is 2.76. The Hall–Kier alpha value is -1.55. The summed E-state index contributed by atoms with van der Waals surface area (Å²) in [5.74, 6) is 2.17. The Morgan fingerprint density at radius 2 is 2.15 bits per heavy atom. The van der Waals surface area contributed by atoms with Gasteiger partial charge in [-0.2, -0.15) is 0 Å². The van der Waals surface area contributed by atoms with E-state index in [1.165, 1.54) is 12.8 Å². The molecule has 0 spiro atoms. The average molecular weight is 273 g/mol. The van der Waals surface area contributed by atoms with Gasteiger partial charge in [0.1, 0.15) is 12.4 Å². The fourth-order valence-electron chi connectivity index (χ4n) is 3.68. The molecular weight excluding hydrogens is 250 g/mol. The Balaban J connectivity index is 2.09. The SMILES string of the molecule is CC1CCC(n2c(CO)nc3cc(N)ccc32)C(C)C1. The molecule has 2 aromatic rings. The summed E-state index contributed by atoms with van der Waals surface area (Å²) in [4.78, 5) is 4.55. The summed E-state index contributed by atoms with van der Waals surface area (Å²) < 4.78 is 2.24. The number of aromatic nitrogens is 2. The number of rotatable bonds is 2. The first-order valence-electron chi connectivity index (χ1n) is 7.47. The zero-order valence-corrected chi connectivity index (χ0v) is 12.2. The van der Waals surface area contributed by atoms with Crippen molar-refractivity contribution in [2.45, 2.75) is 45.8 Å². The third-order valence-electron chi connectivity index (χ3n) is 4.65. The van der Waals surface area contributed by atoms with Crippen LogP contribution in [-0.2, 0) is 6.61 Å². The van der Waals surface area contributed by atoms with Gasteiger partial charge in [0.05, 0.1) is 11.0 Å². The molecule has 0 aliphatic heterocycles. The second-order valence-corrected chi connectivity index (χ2v) is 6.27. The van der Waals surface area contributed by atoms with Gasteiger partial charge in [-0.1, -0.05) is 13.8 Å². The maximum Gasteiger partial charge on any atom is 0.135 e. The minimum Gasteiger partial charge on any atom is -0.399 e. The predicted octanol–water partition coefficient (Wildman–Crippen LogP) is 3.11. The van der Waals surface area contributed by atoms with E-state index in [9.17, 15) is 5.11 Å². The van der Waals surface area contributed by atoms with Gasteiger partial charge in [-0.25, -0.2) is 4.98 Å². The van der Waals surface area contributed by atoms with Crippen LogP contribution in [0.1, 0.15) is 45.0 Å². The standard InChI is InChI=1S/C16H23N3O/c1-10-3-5-14(11(2)7-10)19-15-6-4-12(17)8-13(15)18-16(19)9-20/h4,6,8,10-11,14,20H,3,5,7,9,17H2,1-2H3. The molecule has 4 nitrogen and oxygen atoms in total. The third kappa shape index (κ3) is 2.18. The Morgan fingerprint density at radius 1 is 1.35 bits per heavy atom. The largest absolute Gasteiger partial charge is 0.399 e. The fourth-order valence-corrected chi connectivity index (χ4v) is 3.68. The van der Waals surface area contributed by atoms with E-state index in [0.29, 0.717) is 12.0 Å². The summed E-state index contributed by atoms with van der Waals surface area (Å²) in [5, 5.41) is 9.64. The van der Waals surface area contributed by atoms with Crippen molar-refractivity contribution in [3.05, 3.63) is 24.0 Å². The Morgan fingerprint density at radius 3 is 2.85 bits per heavy atom. The molecule has 1 aliphatic rings. The number of benzene rings is 1. The van der Waals surface area contributed by atoms with E-state index in [4.69, 9.17) is 5.73 Å². The van der Waals surface area contributed by atoms with Gasteiger partial charge in [-0.3, -0.25) is 0 Å². The number of aliphatic hydroxyl groups excluding tert-OH is 1. The van der Waals surface area contributed by atoms with Gasteiger partial charge in [-0.15, -0.1) is 0 Å². The van der Waals surface area contributed by atoms with Crippen LogP contribution in [0.15, 0.2) is 18.2 Å². The van der Waals surface area contributed by atoms with Crippen LogP contribution in [0.2, 0.25) is 0 Å². The molecule has 1 saturated carbocycles. The van der Waals surface area contributed by atoms with Gasteiger partial charge in [-0.05, 0) is 49.3 Å². The monoisotopic (exact) mass is 273 g/mol. The molecule has 108 valence electrons. The van der Waals surface area contributed by atoms with Gasteiger partial charge in [0.25, 0.3) is 0 Å². The van der Waals surface area contributed by atoms with Gasteiger partial charge >= 0.3 is 0 Å². The molecule has 1 aromatic carbocycles. The van der Waals surface area contributed by atoms with Crippen molar-refractivity contribution in [1.82, 2.24) is 9.55 Å². The smallest absolute Gasteiger partial charge is 0.135 e. The number of fused-ring (bicyclic) bond motifs is 1. The number of nitrogens with two attached hydrogens (primary N) is 1. The van der Waals surface area contributed by atoms with E-state index in [0.717, 1.165) is 34.9 Å². The van der Waals surface area contributed by atoms with Gasteiger partial charge in [0, 0.05) is 11.7 Å². The Bertz CT molecular complexity index is 619. The van der Waals surface area contributed by atoms with E-state index in [-0.39, 0.29) is 6.61 Å². The first-order valence-corrected chi connectivity index (χ1v) is 7.47. The second kappa shape index (κ2) is 5.09. The molecule has 1 aliphatic carbocycles. The Kier molecular flexibility index (Phi) is 3.42. The van der Waals surface area contributed by atoms with E-state index >= 15 is 0 Å². The lowest BCUT2D eigenvalue weighted by molar-refractivity contribution is 0.194. The van der Waals surface area contributed by atoms with Gasteiger partial charge < -0.3 is 15.4 Å². The minimum atomic E-state index is -0.0205. The van der Waals surface area contributed by atoms with E-state index in [1.807, 2.05) is 18.2 Å². The number of aliphatic hydroxyl groups is 1. The van der Waals surface area contributed by atoms with Crippen LogP contribution < -0.4 is 5.73 Å². The number of imidazole rings is 1. The first kappa shape index (κ1) is 13.4. The molecule has 3 N–H and O–H groups in total. The molecule has 20 heavy (non-hydrogen) atoms.